The van der Waals surface area contributed by atoms with Crippen LogP contribution >= 0.6 is 0 Å². The molecule has 0 fully saturated rings. The first-order valence-corrected chi connectivity index (χ1v) is 7.62. The summed E-state index contributed by atoms with van der Waals surface area (Å²) in [6.45, 7) is 1.91. The van der Waals surface area contributed by atoms with Crippen LogP contribution in [0.2, 0.25) is 0 Å². The van der Waals surface area contributed by atoms with E-state index < -0.39 is 0 Å². The van der Waals surface area contributed by atoms with Gasteiger partial charge in [-0.3, -0.25) is 9.97 Å². The quantitative estimate of drug-likeness (QED) is 0.712. The molecule has 0 spiro atoms. The maximum atomic E-state index is 13.0. The number of hydrogen-bond donors (Lipinski definition) is 2. The van der Waals surface area contributed by atoms with Crippen LogP contribution in [0.25, 0.3) is 0 Å². The molecule has 0 amide bonds. The van der Waals surface area contributed by atoms with Crippen LogP contribution in [-0.2, 0) is 0 Å². The summed E-state index contributed by atoms with van der Waals surface area (Å²) < 4.78 is 18.2. The monoisotopic (exact) mass is 340 g/mol. The van der Waals surface area contributed by atoms with Gasteiger partial charge in [0.25, 0.3) is 0 Å². The van der Waals surface area contributed by atoms with Crippen molar-refractivity contribution in [3.8, 4) is 5.88 Å². The summed E-state index contributed by atoms with van der Waals surface area (Å²) in [4.78, 5) is 16.8. The predicted molar refractivity (Wildman–Crippen MR) is 92.3 cm³/mol. The Morgan fingerprint density at radius 1 is 1.08 bits per heavy atom. The first kappa shape index (κ1) is 16.6. The normalized spacial score (nSPS) is 11.6. The Morgan fingerprint density at radius 3 is 2.68 bits per heavy atom. The molecule has 25 heavy (non-hydrogen) atoms. The summed E-state index contributed by atoms with van der Waals surface area (Å²) in [6, 6.07) is 6.47. The third kappa shape index (κ3) is 4.17. The number of aromatic nitrogens is 4. The highest BCUT2D eigenvalue weighted by molar-refractivity contribution is 5.61. The van der Waals surface area contributed by atoms with Gasteiger partial charge in [0.15, 0.2) is 5.82 Å². The Hall–Kier alpha value is -3.29. The van der Waals surface area contributed by atoms with Crippen molar-refractivity contribution in [2.75, 3.05) is 17.7 Å². The molecule has 3 aromatic rings. The summed E-state index contributed by atoms with van der Waals surface area (Å²) >= 11 is 0. The lowest BCUT2D eigenvalue weighted by Crippen LogP contribution is -2.10. The molecule has 0 bridgehead atoms. The fourth-order valence-electron chi connectivity index (χ4n) is 2.22. The number of nitrogens with zero attached hydrogens (tertiary/aromatic N) is 4. The molecule has 0 aliphatic rings. The molecule has 8 heteroatoms. The average molecular weight is 340 g/mol. The van der Waals surface area contributed by atoms with Gasteiger partial charge in [0.05, 0.1) is 37.4 Å². The Balaban J connectivity index is 1.74. The number of pyridine rings is 2. The van der Waals surface area contributed by atoms with E-state index in [4.69, 9.17) is 4.74 Å². The van der Waals surface area contributed by atoms with E-state index in [0.717, 1.165) is 0 Å². The minimum Gasteiger partial charge on any atom is -0.480 e. The second-order valence-corrected chi connectivity index (χ2v) is 5.24. The molecule has 0 aliphatic heterocycles. The fourth-order valence-corrected chi connectivity index (χ4v) is 2.22. The minimum atomic E-state index is -0.368. The van der Waals surface area contributed by atoms with E-state index >= 15 is 0 Å². The summed E-state index contributed by atoms with van der Waals surface area (Å²) in [5.41, 5.74) is 1.39. The maximum absolute atomic E-state index is 13.0. The maximum Gasteiger partial charge on any atom is 0.237 e. The summed E-state index contributed by atoms with van der Waals surface area (Å²) in [5, 5.41) is 6.30. The van der Waals surface area contributed by atoms with E-state index in [1.54, 1.807) is 37.8 Å². The number of anilines is 3. The number of nitrogens with one attached hydrogen (secondary N) is 2. The van der Waals surface area contributed by atoms with E-state index in [1.807, 2.05) is 13.0 Å². The third-order valence-corrected chi connectivity index (χ3v) is 3.42. The lowest BCUT2D eigenvalue weighted by Gasteiger charge is -2.15. The second kappa shape index (κ2) is 7.52. The van der Waals surface area contributed by atoms with E-state index in [9.17, 15) is 4.39 Å². The van der Waals surface area contributed by atoms with Crippen LogP contribution in [0.4, 0.5) is 21.7 Å². The first-order valence-electron chi connectivity index (χ1n) is 7.62. The topological polar surface area (TPSA) is 84.9 Å². The van der Waals surface area contributed by atoms with Gasteiger partial charge in [-0.25, -0.2) is 14.4 Å². The highest BCUT2D eigenvalue weighted by Crippen LogP contribution is 2.24. The highest BCUT2D eigenvalue weighted by atomic mass is 19.1. The van der Waals surface area contributed by atoms with Gasteiger partial charge in [-0.05, 0) is 31.2 Å². The summed E-state index contributed by atoms with van der Waals surface area (Å²) in [7, 11) is 1.55. The molecule has 0 aliphatic carbocycles. The number of methoxy groups -OCH3 is 1. The van der Waals surface area contributed by atoms with Gasteiger partial charge in [0.2, 0.25) is 5.88 Å². The molecular formula is C17H17FN6O. The van der Waals surface area contributed by atoms with Gasteiger partial charge < -0.3 is 15.4 Å². The van der Waals surface area contributed by atoms with E-state index in [-0.39, 0.29) is 11.9 Å². The van der Waals surface area contributed by atoms with Gasteiger partial charge in [-0.15, -0.1) is 0 Å². The van der Waals surface area contributed by atoms with Crippen molar-refractivity contribution in [3.05, 3.63) is 60.6 Å². The van der Waals surface area contributed by atoms with Gasteiger partial charge in [0, 0.05) is 6.20 Å². The zero-order valence-corrected chi connectivity index (χ0v) is 13.8. The van der Waals surface area contributed by atoms with Gasteiger partial charge in [-0.2, -0.15) is 0 Å². The highest BCUT2D eigenvalue weighted by Gasteiger charge is 2.10. The average Bonchev–Trinajstić information content (AvgIpc) is 2.63. The van der Waals surface area contributed by atoms with Crippen LogP contribution in [-0.4, -0.2) is 27.0 Å². The zero-order chi connectivity index (χ0) is 17.6. The van der Waals surface area contributed by atoms with Crippen molar-refractivity contribution in [1.82, 2.24) is 19.9 Å². The van der Waals surface area contributed by atoms with Crippen molar-refractivity contribution in [3.63, 3.8) is 0 Å². The van der Waals surface area contributed by atoms with Gasteiger partial charge in [-0.1, -0.05) is 0 Å². The number of ether oxygens (including phenoxy) is 1. The molecule has 7 nitrogen and oxygen atoms in total. The minimum absolute atomic E-state index is 0.155. The van der Waals surface area contributed by atoms with E-state index in [2.05, 4.69) is 30.6 Å². The van der Waals surface area contributed by atoms with Crippen molar-refractivity contribution < 1.29 is 9.13 Å². The van der Waals surface area contributed by atoms with Crippen LogP contribution in [0.5, 0.6) is 5.88 Å². The van der Waals surface area contributed by atoms with Crippen LogP contribution in [0.1, 0.15) is 18.7 Å². The molecule has 2 N–H and O–H groups in total. The Kier molecular flexibility index (Phi) is 4.98. The molecule has 0 radical (unpaired) electrons. The zero-order valence-electron chi connectivity index (χ0n) is 13.8. The lowest BCUT2D eigenvalue weighted by atomic mass is 10.2. The lowest BCUT2D eigenvalue weighted by molar-refractivity contribution is 0.400. The Labute approximate surface area is 144 Å². The predicted octanol–water partition coefficient (Wildman–Crippen LogP) is 3.33. The summed E-state index contributed by atoms with van der Waals surface area (Å²) in [6.07, 6.45) is 6.03. The van der Waals surface area contributed by atoms with E-state index in [1.165, 1.54) is 12.3 Å². The van der Waals surface area contributed by atoms with Crippen LogP contribution in [0.15, 0.2) is 49.1 Å². The summed E-state index contributed by atoms with van der Waals surface area (Å²) in [5.74, 6) is 1.20. The molecule has 3 aromatic heterocycles. The van der Waals surface area contributed by atoms with Gasteiger partial charge >= 0.3 is 0 Å². The van der Waals surface area contributed by atoms with Crippen molar-refractivity contribution >= 4 is 17.3 Å². The number of hydrogen-bond acceptors (Lipinski definition) is 7. The molecule has 3 rings (SSSR count). The molecule has 1 atom stereocenters. The largest absolute Gasteiger partial charge is 0.480 e. The van der Waals surface area contributed by atoms with Crippen molar-refractivity contribution in [1.29, 1.82) is 0 Å². The van der Waals surface area contributed by atoms with Gasteiger partial charge in [0.1, 0.15) is 17.3 Å². The van der Waals surface area contributed by atoms with Crippen LogP contribution in [0.3, 0.4) is 0 Å². The van der Waals surface area contributed by atoms with Crippen molar-refractivity contribution in [2.45, 2.75) is 13.0 Å². The SMILES string of the molecule is COc1ncccc1Nc1cncc(N[C@@H](C)c2ccc(F)cn2)n1. The molecule has 0 saturated carbocycles. The molecule has 128 valence electrons. The molecule has 0 saturated heterocycles. The third-order valence-electron chi connectivity index (χ3n) is 3.42. The smallest absolute Gasteiger partial charge is 0.237 e. The number of rotatable bonds is 6. The molecular weight excluding hydrogens is 323 g/mol. The van der Waals surface area contributed by atoms with Crippen molar-refractivity contribution in [2.24, 2.45) is 0 Å². The standard InChI is InChI=1S/C17H17FN6O/c1-11(13-6-5-12(18)8-21-13)22-15-9-19-10-16(24-15)23-14-4-3-7-20-17(14)25-2/h3-11H,1-2H3,(H2,22,23,24)/t11-/m0/s1. The molecule has 0 aromatic carbocycles. The van der Waals surface area contributed by atoms with Crippen LogP contribution in [0, 0.1) is 5.82 Å². The first-order chi connectivity index (χ1) is 12.2. The Morgan fingerprint density at radius 2 is 1.92 bits per heavy atom. The Bertz CT molecular complexity index is 843. The number of halogens is 1. The second-order valence-electron chi connectivity index (χ2n) is 5.24. The van der Waals surface area contributed by atoms with Crippen LogP contribution < -0.4 is 15.4 Å². The molecule has 3 heterocycles. The molecule has 0 unspecified atom stereocenters. The fraction of sp³-hybridized carbons (Fsp3) is 0.176. The van der Waals surface area contributed by atoms with E-state index in [0.29, 0.717) is 28.9 Å².